The number of carboxylic acid groups (broad SMARTS) is 2. The number of methoxy groups -OCH3 is 5. The molecule has 0 unspecified atom stereocenters. The molecule has 9 saturated heterocycles. The number of hydrogen-bond acceptors (Lipinski definition) is 33. The number of piperazine rings is 3. The molecule has 12 atom stereocenters. The van der Waals surface area contributed by atoms with Gasteiger partial charge in [0.2, 0.25) is 10.0 Å². The Balaban J connectivity index is 0.000000151. The number of likely N-dealkylation sites (tertiary alicyclic amines) is 2. The van der Waals surface area contributed by atoms with Gasteiger partial charge < -0.3 is 79.2 Å². The summed E-state index contributed by atoms with van der Waals surface area (Å²) in [7, 11) is 3.06. The van der Waals surface area contributed by atoms with E-state index in [1.165, 1.54) is 111 Å². The molecule has 0 spiro atoms. The summed E-state index contributed by atoms with van der Waals surface area (Å²) < 4.78 is 93.3. The highest BCUT2D eigenvalue weighted by molar-refractivity contribution is 7.88. The van der Waals surface area contributed by atoms with E-state index < -0.39 is 93.6 Å². The van der Waals surface area contributed by atoms with Crippen LogP contribution in [0.4, 0.5) is 27.6 Å². The third-order valence-corrected chi connectivity index (χ3v) is 31.4. The molecule has 0 saturated carbocycles. The number of rotatable bonds is 27. The fourth-order valence-electron chi connectivity index (χ4n) is 20.4. The highest BCUT2D eigenvalue weighted by Gasteiger charge is 2.54. The van der Waals surface area contributed by atoms with Crippen molar-refractivity contribution in [1.29, 1.82) is 0 Å². The summed E-state index contributed by atoms with van der Waals surface area (Å²) in [5.74, 6) is -4.05. The zero-order valence-electron chi connectivity index (χ0n) is 77.0. The van der Waals surface area contributed by atoms with E-state index in [4.69, 9.17) is 73.5 Å². The third-order valence-electron chi connectivity index (χ3n) is 26.8. The topological polar surface area (TPSA) is 425 Å². The number of ether oxygens (including phenoxy) is 5. The van der Waals surface area contributed by atoms with Gasteiger partial charge in [-0.3, -0.25) is 53.9 Å². The van der Waals surface area contributed by atoms with Crippen LogP contribution in [-0.4, -0.2) is 397 Å². The Labute approximate surface area is 825 Å². The van der Waals surface area contributed by atoms with E-state index in [9.17, 15) is 75.0 Å². The number of carbonyl (C=O) groups excluding carboxylic acids is 7. The maximum Gasteiger partial charge on any atom is 0.338 e. The number of urea groups is 3. The fraction of sp³-hybridized carbons (Fsp3) is 0.500. The molecule has 18 rings (SSSR count). The fourth-order valence-corrected chi connectivity index (χ4v) is 24.0. The second-order valence-electron chi connectivity index (χ2n) is 35.8. The Bertz CT molecular complexity index is 6010. The van der Waals surface area contributed by atoms with Crippen LogP contribution < -0.4 is 16.0 Å². The third kappa shape index (κ3) is 21.8. The number of amidine groups is 3. The molecule has 12 aliphatic rings. The van der Waals surface area contributed by atoms with E-state index in [-0.39, 0.29) is 112 Å². The van der Waals surface area contributed by atoms with Crippen molar-refractivity contribution in [1.82, 2.24) is 89.1 Å². The molecule has 0 bridgehead atoms. The Kier molecular flexibility index (Phi) is 31.5. The Morgan fingerprint density at radius 1 is 0.460 bits per heavy atom. The molecule has 6 amide bonds. The van der Waals surface area contributed by atoms with Gasteiger partial charge in [-0.1, -0.05) is 66.8 Å². The Morgan fingerprint density at radius 2 is 0.806 bits per heavy atom. The van der Waals surface area contributed by atoms with E-state index >= 15 is 0 Å². The first-order chi connectivity index (χ1) is 66.6. The number of fused-ring (bicyclic) bond motifs is 3. The summed E-state index contributed by atoms with van der Waals surface area (Å²) in [6.45, 7) is 13.6. The van der Waals surface area contributed by atoms with Crippen molar-refractivity contribution < 1.29 is 98.6 Å². The number of esters is 4. The van der Waals surface area contributed by atoms with Crippen molar-refractivity contribution in [3.8, 4) is 0 Å². The number of halogens is 6. The number of aromatic nitrogens is 3. The minimum Gasteiger partial charge on any atom is -0.480 e. The minimum absolute atomic E-state index is 0.00388. The van der Waals surface area contributed by atoms with E-state index in [1.807, 2.05) is 35.3 Å². The molecular weight excluding hydrogens is 1950 g/mol. The van der Waals surface area contributed by atoms with E-state index in [0.29, 0.717) is 203 Å². The number of nitrogens with zero attached hydrogens (tertiary/aromatic N) is 18. The summed E-state index contributed by atoms with van der Waals surface area (Å²) >= 11 is 23.6. The molecule has 12 aliphatic heterocycles. The first-order valence-electron chi connectivity index (χ1n) is 45.0. The van der Waals surface area contributed by atoms with Crippen molar-refractivity contribution >= 4 is 150 Å². The van der Waals surface area contributed by atoms with Crippen LogP contribution in [0, 0.1) is 23.4 Å². The number of aliphatic imine (C=N–C) groups is 3. The standard InChI is InChI=1S/C32H39ClFN7O5S.C30H35ClFN7O6S.C28H31ClFN7O7S2/c1-18(2)13-39-15-20(12-25(39)30(42)45-3)41-16-21-14-38(8-9-40(21)32(41)44)17-24-26(31(43)46-4)27(22-6-5-19(34)11-23(22)33)37-28(36-24)29-35-7-10-47-29;1-44-9-8-37-14-18(12-23(37)28(40)41)39-15-19-13-36(6-7-38(19)30(39)43)16-22-24(29(42)45-2)25(20-4-3-17(32)11-21(20)31)35-26(34-22)27-33-5-10-46-27;1-44-27(40)22-20(32-24(25-31-5-8-45-25)33-23(22)18-4-3-15(30)9-19(18)29)14-34-6-7-35-17(11-34)12-36(28(35)41)16-10-21(26(38)39)37(13-16)46(2,42)43/h5-7,10-11,18,20-21,25,27H,8-9,12-17H2,1-4H3,(H,36,37);3-5,10-11,18-19,23,25H,6-9,12-16H2,1-2H3,(H,34,35)(H,40,41);3-5,8-9,16-17,21,23H,6-7,10-14H2,1-2H3,(H,32,33)(H,38,39)/t20-,21-,25+,27-;18-,19-,23+,25-;16-,17-,21+,23-/m000/s1. The monoisotopic (exact) mass is 2060 g/mol. The van der Waals surface area contributed by atoms with Gasteiger partial charge in [0.25, 0.3) is 0 Å². The largest absolute Gasteiger partial charge is 0.480 e. The summed E-state index contributed by atoms with van der Waals surface area (Å²) in [5, 5.41) is 37.0. The molecule has 0 radical (unpaired) electrons. The van der Waals surface area contributed by atoms with Gasteiger partial charge in [-0.15, -0.1) is 34.0 Å². The quantitative estimate of drug-likeness (QED) is 0.0269. The molecule has 3 aromatic carbocycles. The Morgan fingerprint density at radius 3 is 1.11 bits per heavy atom. The highest BCUT2D eigenvalue weighted by atomic mass is 35.5. The van der Waals surface area contributed by atoms with Gasteiger partial charge in [0.15, 0.2) is 32.5 Å². The van der Waals surface area contributed by atoms with Gasteiger partial charge in [0.1, 0.15) is 53.7 Å². The molecule has 0 aliphatic carbocycles. The van der Waals surface area contributed by atoms with Gasteiger partial charge in [-0.05, 0) is 61.6 Å². The Hall–Kier alpha value is -10.9. The summed E-state index contributed by atoms with van der Waals surface area (Å²) in [5.41, 5.74) is 3.70. The molecule has 15 heterocycles. The number of sulfonamides is 1. The first kappa shape index (κ1) is 101. The van der Waals surface area contributed by atoms with Gasteiger partial charge in [0, 0.05) is 240 Å². The van der Waals surface area contributed by atoms with Crippen LogP contribution in [0.5, 0.6) is 0 Å². The molecule has 3 aromatic heterocycles. The van der Waals surface area contributed by atoms with Gasteiger partial charge in [-0.2, -0.15) is 4.31 Å². The number of nitrogens with one attached hydrogen (secondary N) is 3. The number of benzene rings is 3. The lowest BCUT2D eigenvalue weighted by Gasteiger charge is -2.38. The van der Waals surface area contributed by atoms with Crippen LogP contribution in [0.1, 0.15) is 82.9 Å². The average molecular weight is 2060 g/mol. The van der Waals surface area contributed by atoms with Crippen LogP contribution >= 0.6 is 68.8 Å². The second-order valence-corrected chi connectivity index (χ2v) is 41.7. The molecule has 744 valence electrons. The molecule has 39 nitrogen and oxygen atoms in total. The predicted octanol–water partition coefficient (Wildman–Crippen LogP) is 6.56. The normalized spacial score (nSPS) is 25.5. The lowest BCUT2D eigenvalue weighted by Crippen LogP contribution is -2.53. The van der Waals surface area contributed by atoms with Crippen LogP contribution in [0.25, 0.3) is 0 Å². The van der Waals surface area contributed by atoms with Crippen LogP contribution in [-0.2, 0) is 62.5 Å². The van der Waals surface area contributed by atoms with E-state index in [0.717, 1.165) is 23.2 Å². The zero-order chi connectivity index (χ0) is 98.9. The van der Waals surface area contributed by atoms with E-state index in [1.54, 1.807) is 40.9 Å². The summed E-state index contributed by atoms with van der Waals surface area (Å²) in [6.07, 6.45) is 6.83. The summed E-state index contributed by atoms with van der Waals surface area (Å²) in [4.78, 5) is 166. The molecule has 5 N–H and O–H groups in total. The molecule has 6 aromatic rings. The van der Waals surface area contributed by atoms with Crippen LogP contribution in [0.3, 0.4) is 0 Å². The predicted molar refractivity (Wildman–Crippen MR) is 507 cm³/mol. The minimum atomic E-state index is -3.79. The number of thiazole rings is 3. The number of carboxylic acids is 2. The molecule has 139 heavy (non-hydrogen) atoms. The van der Waals surface area contributed by atoms with Crippen molar-refractivity contribution in [2.45, 2.75) is 106 Å². The number of hydrogen-bond donors (Lipinski definition) is 5. The smallest absolute Gasteiger partial charge is 0.338 e. The molecular formula is C90H105Cl3F3N21O18S4. The molecule has 49 heteroatoms. The first-order valence-corrected chi connectivity index (χ1v) is 50.6. The van der Waals surface area contributed by atoms with Gasteiger partial charge in [0.05, 0.1) is 76.1 Å². The SMILES string of the molecule is COC(=O)C1=C(CN2CCN3C(=O)N([C@H]4C[C@H](C(=O)O)N(S(C)(=O)=O)C4)C[C@@H]3C2)NC(c2nccs2)=N[C@H]1c1ccc(F)cc1Cl.COC(=O)C1=C(CN2CCN3C(=O)N([C@H]4C[C@H](C(=O)OC)N(CC(C)C)C4)C[C@@H]3C2)NC(c2nccs2)=N[C@H]1c1ccc(F)cc1Cl.COCCN1C[C@@H](N2C[C@@H]3CN(CC4=C(C(=O)OC)[C@H](c5ccc(F)cc5Cl)N=C(c5nccs5)N4)CCN3C2=O)C[C@@H]1C(=O)O. The maximum atomic E-state index is 14.0. The highest BCUT2D eigenvalue weighted by Crippen LogP contribution is 2.44. The maximum absolute atomic E-state index is 14.0. The second kappa shape index (κ2) is 43.3. The molecule has 9 fully saturated rings. The summed E-state index contributed by atoms with van der Waals surface area (Å²) in [6, 6.07) is 5.33. The number of aliphatic carboxylic acids is 2. The van der Waals surface area contributed by atoms with Crippen molar-refractivity contribution in [2.75, 3.05) is 179 Å². The van der Waals surface area contributed by atoms with Crippen LogP contribution in [0.2, 0.25) is 15.1 Å². The van der Waals surface area contributed by atoms with Gasteiger partial charge in [-0.25, -0.2) is 65.3 Å². The average Bonchev–Trinajstić information content (AvgIpc) is 1.51. The van der Waals surface area contributed by atoms with E-state index in [2.05, 4.69) is 64.3 Å². The van der Waals surface area contributed by atoms with Crippen molar-refractivity contribution in [3.05, 3.63) is 187 Å². The van der Waals surface area contributed by atoms with Crippen LogP contribution in [0.15, 0.2) is 138 Å². The number of amides is 6. The lowest BCUT2D eigenvalue weighted by molar-refractivity contribution is -0.146. The zero-order valence-corrected chi connectivity index (χ0v) is 82.5. The van der Waals surface area contributed by atoms with Crippen molar-refractivity contribution in [2.24, 2.45) is 20.9 Å². The van der Waals surface area contributed by atoms with Crippen molar-refractivity contribution in [3.63, 3.8) is 0 Å². The van der Waals surface area contributed by atoms with Gasteiger partial charge >= 0.3 is 53.9 Å². The lowest BCUT2D eigenvalue weighted by atomic mass is 9.95. The number of carbonyl (C=O) groups is 9.